The Morgan fingerprint density at radius 1 is 0.923 bits per heavy atom. The molecule has 0 saturated heterocycles. The maximum atomic E-state index is 12.8. The summed E-state index contributed by atoms with van der Waals surface area (Å²) in [6, 6.07) is 13.8. The SMILES string of the molecule is CNC(=O)c1ccc(NC(=O)c2cccnc2)cc1-c1cn2ccnc2c(Nc2ccc(OC)c(OC)c2)n1. The van der Waals surface area contributed by atoms with Crippen molar-refractivity contribution in [2.24, 2.45) is 0 Å². The molecular weight excluding hydrogens is 498 g/mol. The number of hydrogen-bond donors (Lipinski definition) is 3. The molecule has 5 rings (SSSR count). The number of anilines is 3. The first-order valence-electron chi connectivity index (χ1n) is 11.9. The van der Waals surface area contributed by atoms with E-state index in [1.54, 1.807) is 92.9 Å². The summed E-state index contributed by atoms with van der Waals surface area (Å²) in [6.07, 6.45) is 8.30. The van der Waals surface area contributed by atoms with Crippen LogP contribution in [-0.4, -0.2) is 52.4 Å². The van der Waals surface area contributed by atoms with Gasteiger partial charge in [-0.25, -0.2) is 9.97 Å². The molecule has 0 aliphatic carbocycles. The van der Waals surface area contributed by atoms with E-state index in [-0.39, 0.29) is 11.8 Å². The molecule has 11 heteroatoms. The number of amides is 2. The highest BCUT2D eigenvalue weighted by molar-refractivity contribution is 6.06. The second-order valence-electron chi connectivity index (χ2n) is 8.36. The minimum Gasteiger partial charge on any atom is -0.493 e. The maximum absolute atomic E-state index is 12.8. The molecule has 0 spiro atoms. The first kappa shape index (κ1) is 25.2. The van der Waals surface area contributed by atoms with Crippen LogP contribution in [0.4, 0.5) is 17.2 Å². The Morgan fingerprint density at radius 2 is 1.74 bits per heavy atom. The third-order valence-electron chi connectivity index (χ3n) is 5.97. The molecule has 0 aliphatic heterocycles. The van der Waals surface area contributed by atoms with Gasteiger partial charge in [0.25, 0.3) is 11.8 Å². The molecule has 0 fully saturated rings. The Hall–Kier alpha value is -5.45. The number of benzene rings is 2. The number of imidazole rings is 1. The molecule has 5 aromatic rings. The van der Waals surface area contributed by atoms with Crippen molar-refractivity contribution in [3.05, 3.63) is 90.6 Å². The van der Waals surface area contributed by atoms with Crippen molar-refractivity contribution in [2.45, 2.75) is 0 Å². The topological polar surface area (TPSA) is 132 Å². The van der Waals surface area contributed by atoms with Crippen LogP contribution < -0.4 is 25.4 Å². The van der Waals surface area contributed by atoms with Gasteiger partial charge in [-0.1, -0.05) is 0 Å². The van der Waals surface area contributed by atoms with Crippen LogP contribution >= 0.6 is 0 Å². The summed E-state index contributed by atoms with van der Waals surface area (Å²) in [4.78, 5) is 38.8. The Morgan fingerprint density at radius 3 is 2.49 bits per heavy atom. The van der Waals surface area contributed by atoms with Gasteiger partial charge in [0.05, 0.1) is 25.5 Å². The molecular formula is C28H25N7O4. The second-order valence-corrected chi connectivity index (χ2v) is 8.36. The van der Waals surface area contributed by atoms with Crippen LogP contribution in [0.5, 0.6) is 11.5 Å². The second kappa shape index (κ2) is 10.9. The monoisotopic (exact) mass is 523 g/mol. The third-order valence-corrected chi connectivity index (χ3v) is 5.97. The van der Waals surface area contributed by atoms with Gasteiger partial charge in [-0.05, 0) is 42.5 Å². The highest BCUT2D eigenvalue weighted by Gasteiger charge is 2.18. The van der Waals surface area contributed by atoms with Crippen LogP contribution in [0.1, 0.15) is 20.7 Å². The minimum absolute atomic E-state index is 0.294. The number of methoxy groups -OCH3 is 2. The summed E-state index contributed by atoms with van der Waals surface area (Å²) in [5, 5.41) is 8.82. The molecule has 3 heterocycles. The van der Waals surface area contributed by atoms with Crippen molar-refractivity contribution in [2.75, 3.05) is 31.9 Å². The van der Waals surface area contributed by atoms with Gasteiger partial charge in [-0.3, -0.25) is 14.6 Å². The number of rotatable bonds is 8. The summed E-state index contributed by atoms with van der Waals surface area (Å²) in [6.45, 7) is 0. The number of fused-ring (bicyclic) bond motifs is 1. The molecule has 0 bridgehead atoms. The molecule has 11 nitrogen and oxygen atoms in total. The van der Waals surface area contributed by atoms with Crippen molar-refractivity contribution in [1.29, 1.82) is 0 Å². The van der Waals surface area contributed by atoms with Gasteiger partial charge in [0.1, 0.15) is 0 Å². The highest BCUT2D eigenvalue weighted by Crippen LogP contribution is 2.33. The summed E-state index contributed by atoms with van der Waals surface area (Å²) in [7, 11) is 4.69. The van der Waals surface area contributed by atoms with Gasteiger partial charge in [-0.15, -0.1) is 0 Å². The van der Waals surface area contributed by atoms with E-state index in [9.17, 15) is 9.59 Å². The number of carbonyl (C=O) groups is 2. The number of aromatic nitrogens is 4. The molecule has 0 radical (unpaired) electrons. The summed E-state index contributed by atoms with van der Waals surface area (Å²) in [5.41, 5.74) is 3.58. The van der Waals surface area contributed by atoms with E-state index in [1.807, 2.05) is 6.07 Å². The van der Waals surface area contributed by atoms with Crippen molar-refractivity contribution in [3.8, 4) is 22.8 Å². The van der Waals surface area contributed by atoms with Gasteiger partial charge < -0.3 is 29.8 Å². The zero-order valence-corrected chi connectivity index (χ0v) is 21.4. The lowest BCUT2D eigenvalue weighted by Crippen LogP contribution is -2.19. The van der Waals surface area contributed by atoms with Crippen LogP contribution in [0.3, 0.4) is 0 Å². The fraction of sp³-hybridized carbons (Fsp3) is 0.107. The van der Waals surface area contributed by atoms with Gasteiger partial charge >= 0.3 is 0 Å². The van der Waals surface area contributed by atoms with Crippen LogP contribution in [0.2, 0.25) is 0 Å². The largest absolute Gasteiger partial charge is 0.493 e. The van der Waals surface area contributed by atoms with Crippen molar-refractivity contribution < 1.29 is 19.1 Å². The van der Waals surface area contributed by atoms with E-state index in [2.05, 4.69) is 25.9 Å². The normalized spacial score (nSPS) is 10.6. The standard InChI is InChI=1S/C28H25N7O4/c1-29-28(37)20-8-6-18(33-27(36)17-5-4-10-30-15-17)13-21(20)22-16-35-12-11-31-26(35)25(34-22)32-19-7-9-23(38-2)24(14-19)39-3/h4-16H,1-3H3,(H,29,37)(H,32,34)(H,33,36). The lowest BCUT2D eigenvalue weighted by Gasteiger charge is -2.15. The van der Waals surface area contributed by atoms with Gasteiger partial charge in [-0.2, -0.15) is 0 Å². The molecule has 39 heavy (non-hydrogen) atoms. The maximum Gasteiger partial charge on any atom is 0.257 e. The zero-order chi connectivity index (χ0) is 27.4. The van der Waals surface area contributed by atoms with E-state index in [0.717, 1.165) is 0 Å². The van der Waals surface area contributed by atoms with Crippen LogP contribution in [0, 0.1) is 0 Å². The van der Waals surface area contributed by atoms with E-state index in [1.165, 1.54) is 6.20 Å². The smallest absolute Gasteiger partial charge is 0.257 e. The van der Waals surface area contributed by atoms with E-state index in [0.29, 0.717) is 56.7 Å². The fourth-order valence-corrected chi connectivity index (χ4v) is 4.06. The third kappa shape index (κ3) is 5.18. The predicted octanol–water partition coefficient (Wildman–Crippen LogP) is 4.16. The van der Waals surface area contributed by atoms with E-state index < -0.39 is 0 Å². The summed E-state index contributed by atoms with van der Waals surface area (Å²) < 4.78 is 12.6. The van der Waals surface area contributed by atoms with Crippen molar-refractivity contribution >= 4 is 34.7 Å². The first-order valence-corrected chi connectivity index (χ1v) is 11.9. The number of carbonyl (C=O) groups excluding carboxylic acids is 2. The Kier molecular flexibility index (Phi) is 7.04. The Balaban J connectivity index is 1.57. The average molecular weight is 524 g/mol. The van der Waals surface area contributed by atoms with E-state index in [4.69, 9.17) is 14.5 Å². The molecule has 0 atom stereocenters. The van der Waals surface area contributed by atoms with Crippen molar-refractivity contribution in [3.63, 3.8) is 0 Å². The molecule has 0 saturated carbocycles. The highest BCUT2D eigenvalue weighted by atomic mass is 16.5. The molecule has 0 unspecified atom stereocenters. The average Bonchev–Trinajstić information content (AvgIpc) is 3.46. The lowest BCUT2D eigenvalue weighted by atomic mass is 10.0. The van der Waals surface area contributed by atoms with Gasteiger partial charge in [0.2, 0.25) is 0 Å². The lowest BCUT2D eigenvalue weighted by molar-refractivity contribution is 0.0963. The van der Waals surface area contributed by atoms with Crippen LogP contribution in [0.15, 0.2) is 79.5 Å². The van der Waals surface area contributed by atoms with Crippen LogP contribution in [-0.2, 0) is 0 Å². The predicted molar refractivity (Wildman–Crippen MR) is 147 cm³/mol. The number of ether oxygens (including phenoxy) is 2. The Bertz CT molecular complexity index is 1670. The number of hydrogen-bond acceptors (Lipinski definition) is 8. The summed E-state index contributed by atoms with van der Waals surface area (Å²) in [5.74, 6) is 0.984. The minimum atomic E-state index is -0.324. The molecule has 2 aromatic carbocycles. The molecule has 0 aliphatic rings. The van der Waals surface area contributed by atoms with E-state index >= 15 is 0 Å². The first-order chi connectivity index (χ1) is 19.0. The van der Waals surface area contributed by atoms with Gasteiger partial charge in [0, 0.05) is 66.6 Å². The molecule has 196 valence electrons. The number of pyridine rings is 1. The number of nitrogens with zero attached hydrogens (tertiary/aromatic N) is 4. The summed E-state index contributed by atoms with van der Waals surface area (Å²) >= 11 is 0. The molecule has 3 aromatic heterocycles. The quantitative estimate of drug-likeness (QED) is 0.276. The molecule has 2 amide bonds. The fourth-order valence-electron chi connectivity index (χ4n) is 4.06. The van der Waals surface area contributed by atoms with Crippen molar-refractivity contribution in [1.82, 2.24) is 24.7 Å². The zero-order valence-electron chi connectivity index (χ0n) is 21.4. The van der Waals surface area contributed by atoms with Crippen LogP contribution in [0.25, 0.3) is 16.9 Å². The van der Waals surface area contributed by atoms with Gasteiger partial charge in [0.15, 0.2) is 23.0 Å². The Labute approximate surface area is 223 Å². The number of nitrogens with one attached hydrogen (secondary N) is 3. The molecule has 3 N–H and O–H groups in total.